The van der Waals surface area contributed by atoms with E-state index >= 15 is 0 Å². The van der Waals surface area contributed by atoms with Gasteiger partial charge in [0.25, 0.3) is 0 Å². The van der Waals surface area contributed by atoms with Gasteiger partial charge in [0, 0.05) is 19.1 Å². The normalized spacial score (nSPS) is 24.2. The van der Waals surface area contributed by atoms with Crippen LogP contribution in [-0.4, -0.2) is 24.0 Å². The zero-order chi connectivity index (χ0) is 9.19. The van der Waals surface area contributed by atoms with Crippen molar-refractivity contribution >= 4 is 0 Å². The Balaban J connectivity index is 2.35. The molecular formula is C10H18N2. The van der Waals surface area contributed by atoms with Crippen LogP contribution >= 0.6 is 0 Å². The van der Waals surface area contributed by atoms with Gasteiger partial charge < -0.3 is 0 Å². The second-order valence-corrected chi connectivity index (χ2v) is 4.49. The Bertz CT molecular complexity index is 183. The quantitative estimate of drug-likeness (QED) is 0.641. The number of rotatable bonds is 3. The van der Waals surface area contributed by atoms with Crippen LogP contribution in [0.5, 0.6) is 0 Å². The monoisotopic (exact) mass is 166 g/mol. The predicted molar refractivity (Wildman–Crippen MR) is 49.7 cm³/mol. The molecule has 1 heterocycles. The molecule has 1 unspecified atom stereocenters. The topological polar surface area (TPSA) is 27.0 Å². The molecule has 0 aromatic carbocycles. The van der Waals surface area contributed by atoms with Crippen molar-refractivity contribution in [2.45, 2.75) is 39.7 Å². The fourth-order valence-electron chi connectivity index (χ4n) is 1.95. The van der Waals surface area contributed by atoms with Crippen LogP contribution in [0.25, 0.3) is 0 Å². The maximum Gasteiger partial charge on any atom is 0.0638 e. The van der Waals surface area contributed by atoms with E-state index < -0.39 is 0 Å². The first-order chi connectivity index (χ1) is 5.59. The van der Waals surface area contributed by atoms with Gasteiger partial charge in [-0.1, -0.05) is 20.8 Å². The molecule has 12 heavy (non-hydrogen) atoms. The van der Waals surface area contributed by atoms with Crippen LogP contribution in [0.3, 0.4) is 0 Å². The molecule has 2 nitrogen and oxygen atoms in total. The summed E-state index contributed by atoms with van der Waals surface area (Å²) < 4.78 is 0. The molecule has 2 heteroatoms. The number of nitriles is 1. The van der Waals surface area contributed by atoms with Crippen molar-refractivity contribution in [3.8, 4) is 6.07 Å². The lowest BCUT2D eigenvalue weighted by atomic mass is 9.82. The van der Waals surface area contributed by atoms with Gasteiger partial charge >= 0.3 is 0 Å². The van der Waals surface area contributed by atoms with Crippen molar-refractivity contribution in [3.05, 3.63) is 0 Å². The number of hydrogen-bond acceptors (Lipinski definition) is 2. The summed E-state index contributed by atoms with van der Waals surface area (Å²) in [7, 11) is 0. The van der Waals surface area contributed by atoms with Gasteiger partial charge in [0.15, 0.2) is 0 Å². The first-order valence-corrected chi connectivity index (χ1v) is 4.70. The van der Waals surface area contributed by atoms with Gasteiger partial charge in [-0.3, -0.25) is 4.90 Å². The Labute approximate surface area is 75.2 Å². The number of hydrogen-bond donors (Lipinski definition) is 0. The smallest absolute Gasteiger partial charge is 0.0638 e. The maximum atomic E-state index is 8.59. The molecular weight excluding hydrogens is 148 g/mol. The first-order valence-electron chi connectivity index (χ1n) is 4.70. The van der Waals surface area contributed by atoms with E-state index in [-0.39, 0.29) is 0 Å². The van der Waals surface area contributed by atoms with Gasteiger partial charge in [0.05, 0.1) is 12.5 Å². The highest BCUT2D eigenvalue weighted by Crippen LogP contribution is 2.31. The first kappa shape index (κ1) is 9.54. The van der Waals surface area contributed by atoms with Gasteiger partial charge in [-0.05, 0) is 11.8 Å². The van der Waals surface area contributed by atoms with E-state index in [1.807, 2.05) is 0 Å². The molecule has 0 radical (unpaired) electrons. The average molecular weight is 166 g/mol. The van der Waals surface area contributed by atoms with E-state index in [0.29, 0.717) is 17.9 Å². The number of likely N-dealkylation sites (tertiary alicyclic amines) is 1. The molecule has 1 aliphatic rings. The highest BCUT2D eigenvalue weighted by molar-refractivity contribution is 4.93. The largest absolute Gasteiger partial charge is 0.298 e. The molecule has 0 bridgehead atoms. The second kappa shape index (κ2) is 3.45. The van der Waals surface area contributed by atoms with Crippen LogP contribution < -0.4 is 0 Å². The predicted octanol–water partition coefficient (Wildman–Crippen LogP) is 2.02. The molecule has 68 valence electrons. The molecule has 1 saturated heterocycles. The standard InChI is InChI=1S/C10H18N2/c1-4-9(5-6-11)12-7-10(2,3)8-12/h9H,4-5,7-8H2,1-3H3. The SMILES string of the molecule is CCC(CC#N)N1CC(C)(C)C1. The van der Waals surface area contributed by atoms with Gasteiger partial charge in [-0.2, -0.15) is 5.26 Å². The third-order valence-corrected chi connectivity index (χ3v) is 2.58. The third-order valence-electron chi connectivity index (χ3n) is 2.58. The van der Waals surface area contributed by atoms with E-state index in [2.05, 4.69) is 31.7 Å². The average Bonchev–Trinajstić information content (AvgIpc) is 1.95. The molecule has 0 saturated carbocycles. The second-order valence-electron chi connectivity index (χ2n) is 4.49. The van der Waals surface area contributed by atoms with Crippen molar-refractivity contribution in [1.82, 2.24) is 4.90 Å². The van der Waals surface area contributed by atoms with Crippen LogP contribution in [0.2, 0.25) is 0 Å². The van der Waals surface area contributed by atoms with Crippen molar-refractivity contribution < 1.29 is 0 Å². The number of nitrogens with zero attached hydrogens (tertiary/aromatic N) is 2. The lowest BCUT2D eigenvalue weighted by Crippen LogP contribution is -2.56. The minimum Gasteiger partial charge on any atom is -0.298 e. The molecule has 0 aliphatic carbocycles. The van der Waals surface area contributed by atoms with E-state index in [4.69, 9.17) is 5.26 Å². The van der Waals surface area contributed by atoms with E-state index in [1.54, 1.807) is 0 Å². The highest BCUT2D eigenvalue weighted by Gasteiger charge is 2.37. The summed E-state index contributed by atoms with van der Waals surface area (Å²) in [5.41, 5.74) is 0.489. The van der Waals surface area contributed by atoms with Crippen molar-refractivity contribution in [2.24, 2.45) is 5.41 Å². The minimum absolute atomic E-state index is 0.489. The molecule has 1 aliphatic heterocycles. The van der Waals surface area contributed by atoms with Crippen LogP contribution in [-0.2, 0) is 0 Å². The van der Waals surface area contributed by atoms with Gasteiger partial charge in [-0.25, -0.2) is 0 Å². The third kappa shape index (κ3) is 1.98. The lowest BCUT2D eigenvalue weighted by Gasteiger charge is -2.49. The summed E-state index contributed by atoms with van der Waals surface area (Å²) in [6, 6.07) is 2.76. The molecule has 0 aromatic heterocycles. The van der Waals surface area contributed by atoms with Gasteiger partial charge in [0.1, 0.15) is 0 Å². The van der Waals surface area contributed by atoms with E-state index in [1.165, 1.54) is 0 Å². The maximum absolute atomic E-state index is 8.59. The van der Waals surface area contributed by atoms with Gasteiger partial charge in [0.2, 0.25) is 0 Å². The molecule has 0 aromatic rings. The van der Waals surface area contributed by atoms with Crippen LogP contribution in [0.1, 0.15) is 33.6 Å². The zero-order valence-corrected chi connectivity index (χ0v) is 8.30. The molecule has 1 rings (SSSR count). The minimum atomic E-state index is 0.489. The summed E-state index contributed by atoms with van der Waals surface area (Å²) in [6.45, 7) is 9.04. The van der Waals surface area contributed by atoms with Crippen molar-refractivity contribution in [3.63, 3.8) is 0 Å². The Morgan fingerprint density at radius 1 is 1.50 bits per heavy atom. The summed E-state index contributed by atoms with van der Waals surface area (Å²) in [5, 5.41) is 8.59. The lowest BCUT2D eigenvalue weighted by molar-refractivity contribution is -0.00571. The Kier molecular flexibility index (Phi) is 2.74. The zero-order valence-electron chi connectivity index (χ0n) is 8.30. The summed E-state index contributed by atoms with van der Waals surface area (Å²) in [5.74, 6) is 0. The molecule has 0 amide bonds. The fraction of sp³-hybridized carbons (Fsp3) is 0.900. The summed E-state index contributed by atoms with van der Waals surface area (Å²) >= 11 is 0. The van der Waals surface area contributed by atoms with Crippen LogP contribution in [0.15, 0.2) is 0 Å². The molecule has 0 N–H and O–H groups in total. The summed E-state index contributed by atoms with van der Waals surface area (Å²) in [6.07, 6.45) is 1.79. The molecule has 0 spiro atoms. The van der Waals surface area contributed by atoms with E-state index in [0.717, 1.165) is 19.5 Å². The highest BCUT2D eigenvalue weighted by atomic mass is 15.2. The molecule has 1 fully saturated rings. The summed E-state index contributed by atoms with van der Waals surface area (Å²) in [4.78, 5) is 2.42. The Morgan fingerprint density at radius 2 is 2.08 bits per heavy atom. The van der Waals surface area contributed by atoms with Crippen LogP contribution in [0.4, 0.5) is 0 Å². The van der Waals surface area contributed by atoms with Crippen molar-refractivity contribution in [2.75, 3.05) is 13.1 Å². The fourth-order valence-corrected chi connectivity index (χ4v) is 1.95. The Morgan fingerprint density at radius 3 is 2.42 bits per heavy atom. The molecule has 1 atom stereocenters. The van der Waals surface area contributed by atoms with E-state index in [9.17, 15) is 0 Å². The van der Waals surface area contributed by atoms with Crippen molar-refractivity contribution in [1.29, 1.82) is 5.26 Å². The van der Waals surface area contributed by atoms with Crippen LogP contribution in [0, 0.1) is 16.7 Å². The van der Waals surface area contributed by atoms with Gasteiger partial charge in [-0.15, -0.1) is 0 Å². The Hall–Kier alpha value is -0.550.